The number of hydrogen-bond acceptors (Lipinski definition) is 4. The number of rotatable bonds is 5. The molecule has 1 aromatic heterocycles. The standard InChI is InChI=1S/C13H12Cl2N2O3/c1-8(5-10-3-2-4-20-10)16-13-11(14)6-9(17(18)19)7-12(13)15/h2-4,6-8,16H,5H2,1H3. The zero-order chi connectivity index (χ0) is 14.7. The number of anilines is 1. The molecule has 0 fully saturated rings. The van der Waals surface area contributed by atoms with E-state index in [4.69, 9.17) is 27.6 Å². The third kappa shape index (κ3) is 3.43. The first kappa shape index (κ1) is 14.7. The van der Waals surface area contributed by atoms with E-state index in [1.54, 1.807) is 6.26 Å². The van der Waals surface area contributed by atoms with Crippen molar-refractivity contribution in [2.24, 2.45) is 0 Å². The summed E-state index contributed by atoms with van der Waals surface area (Å²) in [7, 11) is 0. The molecule has 2 rings (SSSR count). The molecule has 5 nitrogen and oxygen atoms in total. The average Bonchev–Trinajstić information content (AvgIpc) is 2.86. The molecule has 0 spiro atoms. The minimum absolute atomic E-state index is 0.0117. The van der Waals surface area contributed by atoms with Crippen LogP contribution in [0, 0.1) is 10.1 Å². The Kier molecular flexibility index (Phi) is 4.52. The van der Waals surface area contributed by atoms with Crippen molar-refractivity contribution in [2.45, 2.75) is 19.4 Å². The van der Waals surface area contributed by atoms with Gasteiger partial charge in [-0.15, -0.1) is 0 Å². The summed E-state index contributed by atoms with van der Waals surface area (Å²) in [5.41, 5.74) is 0.349. The Balaban J connectivity index is 2.14. The van der Waals surface area contributed by atoms with Crippen molar-refractivity contribution >= 4 is 34.6 Å². The average molecular weight is 315 g/mol. The van der Waals surface area contributed by atoms with E-state index < -0.39 is 4.92 Å². The second kappa shape index (κ2) is 6.15. The summed E-state index contributed by atoms with van der Waals surface area (Å²) < 4.78 is 5.26. The Bertz CT molecular complexity index is 591. The molecular weight excluding hydrogens is 303 g/mol. The van der Waals surface area contributed by atoms with Gasteiger partial charge in [0.25, 0.3) is 5.69 Å². The molecule has 0 bridgehead atoms. The van der Waals surface area contributed by atoms with Crippen LogP contribution in [0.3, 0.4) is 0 Å². The molecule has 2 aromatic rings. The van der Waals surface area contributed by atoms with E-state index in [9.17, 15) is 10.1 Å². The van der Waals surface area contributed by atoms with Crippen molar-refractivity contribution in [1.82, 2.24) is 0 Å². The Morgan fingerprint density at radius 3 is 2.55 bits per heavy atom. The summed E-state index contributed by atoms with van der Waals surface area (Å²) in [6, 6.07) is 6.24. The van der Waals surface area contributed by atoms with Crippen molar-refractivity contribution < 1.29 is 9.34 Å². The van der Waals surface area contributed by atoms with E-state index in [2.05, 4.69) is 5.32 Å². The van der Waals surface area contributed by atoms with Crippen molar-refractivity contribution in [3.05, 3.63) is 56.4 Å². The van der Waals surface area contributed by atoms with E-state index in [-0.39, 0.29) is 21.8 Å². The monoisotopic (exact) mass is 314 g/mol. The summed E-state index contributed by atoms with van der Waals surface area (Å²) in [6.45, 7) is 1.94. The van der Waals surface area contributed by atoms with Gasteiger partial charge in [-0.05, 0) is 19.1 Å². The maximum atomic E-state index is 10.7. The number of benzene rings is 1. The summed E-state index contributed by atoms with van der Waals surface area (Å²) in [6.07, 6.45) is 2.25. The minimum atomic E-state index is -0.534. The van der Waals surface area contributed by atoms with Gasteiger partial charge in [-0.3, -0.25) is 10.1 Å². The molecule has 0 radical (unpaired) electrons. The van der Waals surface area contributed by atoms with Gasteiger partial charge in [0.1, 0.15) is 5.76 Å². The Labute approximate surface area is 125 Å². The van der Waals surface area contributed by atoms with E-state index >= 15 is 0 Å². The fourth-order valence-electron chi connectivity index (χ4n) is 1.83. The molecule has 1 heterocycles. The lowest BCUT2D eigenvalue weighted by Gasteiger charge is -2.16. The van der Waals surface area contributed by atoms with Crippen LogP contribution < -0.4 is 5.32 Å². The summed E-state index contributed by atoms with van der Waals surface area (Å²) in [5, 5.41) is 14.3. The predicted molar refractivity (Wildman–Crippen MR) is 78.6 cm³/mol. The molecule has 0 saturated heterocycles. The van der Waals surface area contributed by atoms with Gasteiger partial charge in [0.2, 0.25) is 0 Å². The molecule has 1 N–H and O–H groups in total. The van der Waals surface area contributed by atoms with Crippen molar-refractivity contribution in [1.29, 1.82) is 0 Å². The van der Waals surface area contributed by atoms with Gasteiger partial charge >= 0.3 is 0 Å². The molecule has 0 amide bonds. The molecule has 1 atom stereocenters. The highest BCUT2D eigenvalue weighted by Gasteiger charge is 2.16. The molecule has 0 aliphatic rings. The summed E-state index contributed by atoms with van der Waals surface area (Å²) in [4.78, 5) is 10.2. The molecule has 106 valence electrons. The molecule has 20 heavy (non-hydrogen) atoms. The largest absolute Gasteiger partial charge is 0.469 e. The van der Waals surface area contributed by atoms with E-state index in [1.807, 2.05) is 19.1 Å². The number of nitro benzene ring substituents is 1. The highest BCUT2D eigenvalue weighted by atomic mass is 35.5. The summed E-state index contributed by atoms with van der Waals surface area (Å²) in [5.74, 6) is 0.833. The lowest BCUT2D eigenvalue weighted by atomic mass is 10.2. The number of nitrogens with zero attached hydrogens (tertiary/aromatic N) is 1. The van der Waals surface area contributed by atoms with Gasteiger partial charge in [-0.2, -0.15) is 0 Å². The van der Waals surface area contributed by atoms with Crippen LogP contribution in [0.15, 0.2) is 34.9 Å². The molecular formula is C13H12Cl2N2O3. The highest BCUT2D eigenvalue weighted by Crippen LogP contribution is 2.35. The number of hydrogen-bond donors (Lipinski definition) is 1. The van der Waals surface area contributed by atoms with Gasteiger partial charge in [0.05, 0.1) is 26.9 Å². The molecule has 0 aliphatic heterocycles. The van der Waals surface area contributed by atoms with Crippen LogP contribution in [0.4, 0.5) is 11.4 Å². The fraction of sp³-hybridized carbons (Fsp3) is 0.231. The zero-order valence-electron chi connectivity index (χ0n) is 10.6. The van der Waals surface area contributed by atoms with Crippen molar-refractivity contribution in [2.75, 3.05) is 5.32 Å². The fourth-order valence-corrected chi connectivity index (χ4v) is 2.42. The third-order valence-corrected chi connectivity index (χ3v) is 3.31. The first-order chi connectivity index (χ1) is 9.47. The van der Waals surface area contributed by atoms with Gasteiger partial charge in [-0.25, -0.2) is 0 Å². The number of nitrogens with one attached hydrogen (secondary N) is 1. The maximum absolute atomic E-state index is 10.7. The topological polar surface area (TPSA) is 68.3 Å². The lowest BCUT2D eigenvalue weighted by molar-refractivity contribution is -0.384. The second-order valence-electron chi connectivity index (χ2n) is 4.37. The Morgan fingerprint density at radius 1 is 1.40 bits per heavy atom. The molecule has 1 unspecified atom stereocenters. The van der Waals surface area contributed by atoms with E-state index in [0.29, 0.717) is 12.1 Å². The number of halogens is 2. The first-order valence-electron chi connectivity index (χ1n) is 5.89. The van der Waals surface area contributed by atoms with Crippen LogP contribution in [0.5, 0.6) is 0 Å². The Hall–Kier alpha value is -1.72. The van der Waals surface area contributed by atoms with Crippen LogP contribution >= 0.6 is 23.2 Å². The van der Waals surface area contributed by atoms with Gasteiger partial charge in [0.15, 0.2) is 0 Å². The SMILES string of the molecule is CC(Cc1ccco1)Nc1c(Cl)cc([N+](=O)[O-])cc1Cl. The summed E-state index contributed by atoms with van der Waals surface area (Å²) >= 11 is 12.1. The molecule has 0 aliphatic carbocycles. The lowest BCUT2D eigenvalue weighted by Crippen LogP contribution is -2.18. The quantitative estimate of drug-likeness (QED) is 0.650. The van der Waals surface area contributed by atoms with Gasteiger partial charge < -0.3 is 9.73 Å². The Morgan fingerprint density at radius 2 is 2.05 bits per heavy atom. The van der Waals surface area contributed by atoms with Crippen LogP contribution in [0.25, 0.3) is 0 Å². The van der Waals surface area contributed by atoms with Crippen LogP contribution in [-0.2, 0) is 6.42 Å². The number of furan rings is 1. The number of non-ortho nitro benzene ring substituents is 1. The second-order valence-corrected chi connectivity index (χ2v) is 5.18. The first-order valence-corrected chi connectivity index (χ1v) is 6.65. The number of nitro groups is 1. The van der Waals surface area contributed by atoms with Crippen molar-refractivity contribution in [3.8, 4) is 0 Å². The minimum Gasteiger partial charge on any atom is -0.469 e. The smallest absolute Gasteiger partial charge is 0.272 e. The predicted octanol–water partition coefficient (Wildman–Crippen LogP) is 4.54. The zero-order valence-corrected chi connectivity index (χ0v) is 12.1. The van der Waals surface area contributed by atoms with Crippen molar-refractivity contribution in [3.63, 3.8) is 0 Å². The van der Waals surface area contributed by atoms with Crippen LogP contribution in [0.1, 0.15) is 12.7 Å². The van der Waals surface area contributed by atoms with Gasteiger partial charge in [0, 0.05) is 24.6 Å². The molecule has 7 heteroatoms. The van der Waals surface area contributed by atoms with E-state index in [1.165, 1.54) is 12.1 Å². The third-order valence-electron chi connectivity index (χ3n) is 2.72. The van der Waals surface area contributed by atoms with Gasteiger partial charge in [-0.1, -0.05) is 23.2 Å². The molecule has 1 aromatic carbocycles. The highest BCUT2D eigenvalue weighted by molar-refractivity contribution is 6.39. The molecule has 0 saturated carbocycles. The van der Waals surface area contributed by atoms with Crippen LogP contribution in [0.2, 0.25) is 10.0 Å². The maximum Gasteiger partial charge on any atom is 0.272 e. The van der Waals surface area contributed by atoms with Crippen LogP contribution in [-0.4, -0.2) is 11.0 Å². The normalized spacial score (nSPS) is 12.2. The van der Waals surface area contributed by atoms with E-state index in [0.717, 1.165) is 5.76 Å².